The molecule has 0 saturated heterocycles. The molecule has 2 aromatic carbocycles. The summed E-state index contributed by atoms with van der Waals surface area (Å²) in [4.78, 5) is 39.7. The van der Waals surface area contributed by atoms with Crippen molar-refractivity contribution in [1.29, 1.82) is 0 Å². The molecular weight excluding hydrogens is 542 g/mol. The Labute approximate surface area is 234 Å². The Morgan fingerprint density at radius 3 is 2.59 bits per heavy atom. The van der Waals surface area contributed by atoms with Gasteiger partial charge < -0.3 is 24.5 Å². The van der Waals surface area contributed by atoms with Crippen LogP contribution in [0.4, 0.5) is 0 Å². The minimum atomic E-state index is -1.01. The molecule has 0 aliphatic carbocycles. The van der Waals surface area contributed by atoms with Crippen LogP contribution in [0.2, 0.25) is 5.02 Å². The number of fused-ring (bicyclic) bond motifs is 1. The van der Waals surface area contributed by atoms with Crippen LogP contribution in [0.25, 0.3) is 11.1 Å². The Kier molecular flexibility index (Phi) is 9.13. The van der Waals surface area contributed by atoms with E-state index in [0.717, 1.165) is 5.56 Å². The number of likely N-dealkylation sites (N-methyl/N-ethyl adjacent to an activating group) is 1. The maximum absolute atomic E-state index is 13.1. The Morgan fingerprint density at radius 1 is 1.15 bits per heavy atom. The molecule has 1 amide bonds. The second-order valence-corrected chi connectivity index (χ2v) is 10.7. The molecule has 1 unspecified atom stereocenters. The summed E-state index contributed by atoms with van der Waals surface area (Å²) in [6.07, 6.45) is 0.725. The first-order valence-corrected chi connectivity index (χ1v) is 13.4. The maximum Gasteiger partial charge on any atom is 0.336 e. The van der Waals surface area contributed by atoms with E-state index in [9.17, 15) is 24.6 Å². The van der Waals surface area contributed by atoms with Crippen molar-refractivity contribution in [2.24, 2.45) is 7.05 Å². The lowest BCUT2D eigenvalue weighted by atomic mass is 10.2. The molecule has 11 heteroatoms. The van der Waals surface area contributed by atoms with Crippen LogP contribution >= 0.6 is 23.4 Å². The van der Waals surface area contributed by atoms with E-state index < -0.39 is 23.4 Å². The number of amides is 1. The van der Waals surface area contributed by atoms with Crippen LogP contribution in [0.3, 0.4) is 0 Å². The average Bonchev–Trinajstić information content (AvgIpc) is 3.33. The molecular formula is C28H28ClN3O6S. The van der Waals surface area contributed by atoms with Gasteiger partial charge in [-0.3, -0.25) is 14.5 Å². The first-order valence-electron chi connectivity index (χ1n) is 12.1. The number of hydrogen-bond donors (Lipinski definition) is 3. The van der Waals surface area contributed by atoms with Gasteiger partial charge in [0.2, 0.25) is 11.1 Å². The number of furan rings is 1. The summed E-state index contributed by atoms with van der Waals surface area (Å²) >= 11 is 7.18. The summed E-state index contributed by atoms with van der Waals surface area (Å²) in [5.74, 6) is -0.682. The number of aliphatic hydroxyl groups is 1. The third-order valence-corrected chi connectivity index (χ3v) is 7.47. The summed E-state index contributed by atoms with van der Waals surface area (Å²) in [6, 6.07) is 15.3. The normalized spacial score (nSPS) is 12.1. The van der Waals surface area contributed by atoms with Crippen molar-refractivity contribution in [3.05, 3.63) is 98.5 Å². The number of hydrogen-bond acceptors (Lipinski definition) is 7. The van der Waals surface area contributed by atoms with Gasteiger partial charge in [0, 0.05) is 42.0 Å². The van der Waals surface area contributed by atoms with Gasteiger partial charge in [0.15, 0.2) is 0 Å². The van der Waals surface area contributed by atoms with Crippen LogP contribution in [0.1, 0.15) is 32.0 Å². The van der Waals surface area contributed by atoms with E-state index in [1.807, 2.05) is 4.90 Å². The highest BCUT2D eigenvalue weighted by atomic mass is 35.5. The molecule has 0 bridgehead atoms. The second-order valence-electron chi connectivity index (χ2n) is 9.19. The smallest absolute Gasteiger partial charge is 0.336 e. The lowest BCUT2D eigenvalue weighted by molar-refractivity contribution is 0.0692. The summed E-state index contributed by atoms with van der Waals surface area (Å²) in [5.41, 5.74) is 0.978. The molecule has 0 saturated carbocycles. The van der Waals surface area contributed by atoms with E-state index in [-0.39, 0.29) is 17.7 Å². The Hall–Kier alpha value is -3.57. The number of nitrogens with one attached hydrogen (secondary N) is 1. The van der Waals surface area contributed by atoms with Gasteiger partial charge in [-0.25, -0.2) is 4.79 Å². The zero-order valence-corrected chi connectivity index (χ0v) is 23.0. The summed E-state index contributed by atoms with van der Waals surface area (Å²) in [7, 11) is 3.50. The molecule has 1 atom stereocenters. The largest absolute Gasteiger partial charge is 0.478 e. The van der Waals surface area contributed by atoms with E-state index >= 15 is 0 Å². The lowest BCUT2D eigenvalue weighted by Gasteiger charge is -2.19. The van der Waals surface area contributed by atoms with Crippen molar-refractivity contribution in [2.45, 2.75) is 24.1 Å². The molecule has 0 radical (unpaired) electrons. The van der Waals surface area contributed by atoms with E-state index in [2.05, 4.69) is 5.32 Å². The van der Waals surface area contributed by atoms with Gasteiger partial charge in [0.25, 0.3) is 5.91 Å². The van der Waals surface area contributed by atoms with Crippen molar-refractivity contribution in [3.63, 3.8) is 0 Å². The number of rotatable bonds is 11. The summed E-state index contributed by atoms with van der Waals surface area (Å²) in [5, 5.41) is 23.5. The molecule has 2 heterocycles. The first-order chi connectivity index (χ1) is 18.6. The van der Waals surface area contributed by atoms with Crippen LogP contribution in [0, 0.1) is 0 Å². The molecule has 9 nitrogen and oxygen atoms in total. The van der Waals surface area contributed by atoms with Crippen LogP contribution in [-0.4, -0.2) is 57.0 Å². The van der Waals surface area contributed by atoms with Crippen LogP contribution < -0.4 is 10.7 Å². The van der Waals surface area contributed by atoms with Gasteiger partial charge in [0.1, 0.15) is 11.3 Å². The Bertz CT molecular complexity index is 1550. The van der Waals surface area contributed by atoms with Crippen LogP contribution in [-0.2, 0) is 20.1 Å². The number of carbonyl (C=O) groups is 2. The third kappa shape index (κ3) is 7.10. The number of carboxylic acid groups (broad SMARTS) is 1. The minimum Gasteiger partial charge on any atom is -0.478 e. The van der Waals surface area contributed by atoms with Crippen molar-refractivity contribution in [3.8, 4) is 0 Å². The molecule has 0 fully saturated rings. The summed E-state index contributed by atoms with van der Waals surface area (Å²) < 4.78 is 7.50. The number of benzene rings is 2. The predicted octanol–water partition coefficient (Wildman–Crippen LogP) is 4.00. The molecule has 204 valence electrons. The number of halogens is 1. The van der Waals surface area contributed by atoms with Crippen LogP contribution in [0.15, 0.2) is 74.9 Å². The topological polar surface area (TPSA) is 125 Å². The Morgan fingerprint density at radius 2 is 1.87 bits per heavy atom. The van der Waals surface area contributed by atoms with E-state index in [0.29, 0.717) is 45.6 Å². The number of thioether (sulfide) groups is 1. The van der Waals surface area contributed by atoms with Gasteiger partial charge in [0.05, 0.1) is 23.6 Å². The number of carboxylic acids is 1. The van der Waals surface area contributed by atoms with Crippen molar-refractivity contribution >= 4 is 46.3 Å². The second kappa shape index (κ2) is 12.5. The van der Waals surface area contributed by atoms with Crippen LogP contribution in [0.5, 0.6) is 0 Å². The Balaban J connectivity index is 1.39. The zero-order chi connectivity index (χ0) is 28.1. The highest BCUT2D eigenvalue weighted by molar-refractivity contribution is 7.99. The van der Waals surface area contributed by atoms with E-state index in [4.69, 9.17) is 16.0 Å². The molecule has 4 aromatic rings. The van der Waals surface area contributed by atoms with Crippen molar-refractivity contribution in [1.82, 2.24) is 14.8 Å². The van der Waals surface area contributed by atoms with Crippen molar-refractivity contribution in [2.75, 3.05) is 19.3 Å². The fourth-order valence-corrected chi connectivity index (χ4v) is 5.22. The highest BCUT2D eigenvalue weighted by Gasteiger charge is 2.19. The zero-order valence-electron chi connectivity index (χ0n) is 21.4. The minimum absolute atomic E-state index is 0.00811. The number of pyridine rings is 1. The maximum atomic E-state index is 13.1. The number of aliphatic hydroxyl groups excluding tert-OH is 1. The average molecular weight is 570 g/mol. The highest BCUT2D eigenvalue weighted by Crippen LogP contribution is 2.24. The molecule has 3 N–H and O–H groups in total. The summed E-state index contributed by atoms with van der Waals surface area (Å²) in [6.45, 7) is 0.870. The number of aryl methyl sites for hydroxylation is 1. The SMILES string of the molecule is CN(Cc1cc2c(=O)c(C(=O)NCc3ccc(Cl)cc3)cn(C)c2o1)CC(O)CSc1ccccc1C(=O)O. The number of nitrogens with zero attached hydrogens (tertiary/aromatic N) is 2. The molecule has 0 spiro atoms. The standard InChI is InChI=1S/C28H28ClN3O6S/c1-31(13-19(33)16-39-24-6-4-3-5-21(24)28(36)37)14-20-11-22-25(34)23(15-32(2)27(22)38-20)26(35)30-12-17-7-9-18(29)10-8-17/h3-11,15,19,33H,12-14,16H2,1-2H3,(H,30,35)(H,36,37). The third-order valence-electron chi connectivity index (χ3n) is 6.00. The fraction of sp³-hybridized carbons (Fsp3) is 0.250. The number of carbonyl (C=O) groups excluding carboxylic acids is 1. The molecule has 2 aromatic heterocycles. The van der Waals surface area contributed by atoms with E-state index in [1.165, 1.54) is 24.0 Å². The molecule has 39 heavy (non-hydrogen) atoms. The number of aromatic nitrogens is 1. The van der Waals surface area contributed by atoms with Gasteiger partial charge in [-0.15, -0.1) is 11.8 Å². The first kappa shape index (κ1) is 28.4. The molecule has 0 aliphatic rings. The lowest BCUT2D eigenvalue weighted by Crippen LogP contribution is -2.30. The predicted molar refractivity (Wildman–Crippen MR) is 151 cm³/mol. The van der Waals surface area contributed by atoms with Crippen molar-refractivity contribution < 1.29 is 24.2 Å². The molecule has 4 rings (SSSR count). The fourth-order valence-electron chi connectivity index (χ4n) is 4.13. The number of aromatic carboxylic acids is 1. The van der Waals surface area contributed by atoms with Gasteiger partial charge in [-0.2, -0.15) is 0 Å². The van der Waals surface area contributed by atoms with E-state index in [1.54, 1.807) is 67.2 Å². The van der Waals surface area contributed by atoms with Gasteiger partial charge >= 0.3 is 5.97 Å². The molecule has 0 aliphatic heterocycles. The van der Waals surface area contributed by atoms with Gasteiger partial charge in [-0.05, 0) is 42.9 Å². The monoisotopic (exact) mass is 569 g/mol. The van der Waals surface area contributed by atoms with Gasteiger partial charge in [-0.1, -0.05) is 35.9 Å². The quantitative estimate of drug-likeness (QED) is 0.232.